The molecular formula is C11H20N2O. The fourth-order valence-corrected chi connectivity index (χ4v) is 1.53. The lowest BCUT2D eigenvalue weighted by Crippen LogP contribution is -2.31. The molecule has 1 atom stereocenters. The molecule has 0 fully saturated rings. The first-order valence-electron chi connectivity index (χ1n) is 4.99. The van der Waals surface area contributed by atoms with Crippen molar-refractivity contribution < 1.29 is 4.42 Å². The van der Waals surface area contributed by atoms with Gasteiger partial charge in [-0.25, -0.2) is 0 Å². The molecule has 0 aliphatic heterocycles. The van der Waals surface area contributed by atoms with Crippen molar-refractivity contribution in [2.45, 2.75) is 33.2 Å². The minimum atomic E-state index is -0.0836. The van der Waals surface area contributed by atoms with Gasteiger partial charge in [0.05, 0.1) is 6.04 Å². The standard InChI is InChI=1S/C11H20N2O/c1-8-4-5-9(14-8)10(13)11(2,3)6-7-12/h4-5,10H,6-7,12-13H2,1-3H3. The van der Waals surface area contributed by atoms with E-state index in [1.54, 1.807) is 0 Å². The van der Waals surface area contributed by atoms with E-state index in [-0.39, 0.29) is 11.5 Å². The summed E-state index contributed by atoms with van der Waals surface area (Å²) in [5.41, 5.74) is 11.7. The highest BCUT2D eigenvalue weighted by atomic mass is 16.3. The summed E-state index contributed by atoms with van der Waals surface area (Å²) in [7, 11) is 0. The van der Waals surface area contributed by atoms with Crippen LogP contribution in [0.15, 0.2) is 16.5 Å². The molecule has 0 amide bonds. The van der Waals surface area contributed by atoms with Crippen LogP contribution >= 0.6 is 0 Å². The maximum atomic E-state index is 6.12. The van der Waals surface area contributed by atoms with Crippen LogP contribution in [0.3, 0.4) is 0 Å². The molecule has 0 saturated carbocycles. The highest BCUT2D eigenvalue weighted by Gasteiger charge is 2.28. The zero-order valence-corrected chi connectivity index (χ0v) is 9.21. The summed E-state index contributed by atoms with van der Waals surface area (Å²) in [5, 5.41) is 0. The second kappa shape index (κ2) is 4.15. The van der Waals surface area contributed by atoms with Crippen LogP contribution in [-0.4, -0.2) is 6.54 Å². The van der Waals surface area contributed by atoms with Gasteiger partial charge in [-0.1, -0.05) is 13.8 Å². The van der Waals surface area contributed by atoms with Crippen molar-refractivity contribution in [3.05, 3.63) is 23.7 Å². The topological polar surface area (TPSA) is 65.2 Å². The van der Waals surface area contributed by atoms with Crippen molar-refractivity contribution in [1.29, 1.82) is 0 Å². The Morgan fingerprint density at radius 2 is 2.07 bits per heavy atom. The van der Waals surface area contributed by atoms with Crippen LogP contribution in [0.5, 0.6) is 0 Å². The lowest BCUT2D eigenvalue weighted by atomic mass is 9.80. The summed E-state index contributed by atoms with van der Waals surface area (Å²) in [4.78, 5) is 0. The van der Waals surface area contributed by atoms with Gasteiger partial charge in [0, 0.05) is 0 Å². The molecule has 0 spiro atoms. The van der Waals surface area contributed by atoms with Gasteiger partial charge in [0.15, 0.2) is 0 Å². The largest absolute Gasteiger partial charge is 0.465 e. The molecule has 4 N–H and O–H groups in total. The van der Waals surface area contributed by atoms with Crippen LogP contribution in [-0.2, 0) is 0 Å². The minimum Gasteiger partial charge on any atom is -0.465 e. The number of aryl methyl sites for hydroxylation is 1. The predicted molar refractivity (Wildman–Crippen MR) is 57.8 cm³/mol. The molecule has 3 nitrogen and oxygen atoms in total. The normalized spacial score (nSPS) is 14.4. The first kappa shape index (κ1) is 11.3. The molecule has 0 aromatic carbocycles. The van der Waals surface area contributed by atoms with Gasteiger partial charge in [0.1, 0.15) is 11.5 Å². The van der Waals surface area contributed by atoms with E-state index >= 15 is 0 Å². The zero-order valence-electron chi connectivity index (χ0n) is 9.21. The smallest absolute Gasteiger partial charge is 0.121 e. The molecular weight excluding hydrogens is 176 g/mol. The summed E-state index contributed by atoms with van der Waals surface area (Å²) in [6.07, 6.45) is 0.897. The molecule has 0 aliphatic rings. The Bertz CT molecular complexity index is 291. The summed E-state index contributed by atoms with van der Waals surface area (Å²) in [6.45, 7) is 6.80. The van der Waals surface area contributed by atoms with Gasteiger partial charge < -0.3 is 15.9 Å². The third kappa shape index (κ3) is 2.36. The molecule has 0 aliphatic carbocycles. The third-order valence-corrected chi connectivity index (χ3v) is 2.70. The van der Waals surface area contributed by atoms with Crippen molar-refractivity contribution in [3.8, 4) is 0 Å². The number of nitrogens with two attached hydrogens (primary N) is 2. The summed E-state index contributed by atoms with van der Waals surface area (Å²) in [6, 6.07) is 3.80. The second-order valence-corrected chi connectivity index (χ2v) is 4.45. The van der Waals surface area contributed by atoms with Crippen molar-refractivity contribution in [2.24, 2.45) is 16.9 Å². The summed E-state index contributed by atoms with van der Waals surface area (Å²) in [5.74, 6) is 1.75. The fourth-order valence-electron chi connectivity index (χ4n) is 1.53. The summed E-state index contributed by atoms with van der Waals surface area (Å²) >= 11 is 0. The van der Waals surface area contributed by atoms with Crippen molar-refractivity contribution in [2.75, 3.05) is 6.54 Å². The minimum absolute atomic E-state index is 0.0148. The fraction of sp³-hybridized carbons (Fsp3) is 0.636. The van der Waals surface area contributed by atoms with E-state index in [1.165, 1.54) is 0 Å². The molecule has 1 aromatic rings. The molecule has 1 unspecified atom stereocenters. The Morgan fingerprint density at radius 1 is 1.43 bits per heavy atom. The van der Waals surface area contributed by atoms with Crippen molar-refractivity contribution >= 4 is 0 Å². The van der Waals surface area contributed by atoms with Crippen LogP contribution < -0.4 is 11.5 Å². The van der Waals surface area contributed by atoms with Crippen LogP contribution in [0.25, 0.3) is 0 Å². The highest BCUT2D eigenvalue weighted by molar-refractivity contribution is 5.11. The Balaban J connectivity index is 2.78. The van der Waals surface area contributed by atoms with Crippen LogP contribution in [0.4, 0.5) is 0 Å². The zero-order chi connectivity index (χ0) is 10.8. The van der Waals surface area contributed by atoms with E-state index in [0.717, 1.165) is 17.9 Å². The van der Waals surface area contributed by atoms with Gasteiger partial charge in [-0.05, 0) is 37.4 Å². The molecule has 0 saturated heterocycles. The first-order chi connectivity index (χ1) is 6.47. The lowest BCUT2D eigenvalue weighted by molar-refractivity contribution is 0.239. The van der Waals surface area contributed by atoms with Gasteiger partial charge in [-0.2, -0.15) is 0 Å². The van der Waals surface area contributed by atoms with Gasteiger partial charge in [-0.3, -0.25) is 0 Å². The predicted octanol–water partition coefficient (Wildman–Crippen LogP) is 1.96. The van der Waals surface area contributed by atoms with Crippen molar-refractivity contribution in [3.63, 3.8) is 0 Å². The van der Waals surface area contributed by atoms with Gasteiger partial charge in [0.2, 0.25) is 0 Å². The van der Waals surface area contributed by atoms with E-state index in [1.807, 2.05) is 19.1 Å². The van der Waals surface area contributed by atoms with E-state index in [0.29, 0.717) is 6.54 Å². The summed E-state index contributed by atoms with van der Waals surface area (Å²) < 4.78 is 5.51. The Labute approximate surface area is 85.5 Å². The molecule has 80 valence electrons. The van der Waals surface area contributed by atoms with Gasteiger partial charge in [-0.15, -0.1) is 0 Å². The molecule has 1 rings (SSSR count). The van der Waals surface area contributed by atoms with E-state index in [9.17, 15) is 0 Å². The first-order valence-corrected chi connectivity index (χ1v) is 4.99. The number of rotatable bonds is 4. The van der Waals surface area contributed by atoms with E-state index in [2.05, 4.69) is 13.8 Å². The monoisotopic (exact) mass is 196 g/mol. The average molecular weight is 196 g/mol. The maximum Gasteiger partial charge on any atom is 0.121 e. The van der Waals surface area contributed by atoms with Crippen molar-refractivity contribution in [1.82, 2.24) is 0 Å². The van der Waals surface area contributed by atoms with E-state index in [4.69, 9.17) is 15.9 Å². The number of hydrogen-bond acceptors (Lipinski definition) is 3. The number of furan rings is 1. The Kier molecular flexibility index (Phi) is 3.34. The average Bonchev–Trinajstić information content (AvgIpc) is 2.50. The Hall–Kier alpha value is -0.800. The SMILES string of the molecule is Cc1ccc(C(N)C(C)(C)CCN)o1. The molecule has 1 aromatic heterocycles. The van der Waals surface area contributed by atoms with Gasteiger partial charge in [0.25, 0.3) is 0 Å². The molecule has 0 bridgehead atoms. The second-order valence-electron chi connectivity index (χ2n) is 4.45. The number of hydrogen-bond donors (Lipinski definition) is 2. The molecule has 1 heterocycles. The Morgan fingerprint density at radius 3 is 2.50 bits per heavy atom. The van der Waals surface area contributed by atoms with E-state index < -0.39 is 0 Å². The molecule has 3 heteroatoms. The lowest BCUT2D eigenvalue weighted by Gasteiger charge is -2.29. The molecule has 14 heavy (non-hydrogen) atoms. The van der Waals surface area contributed by atoms with Crippen LogP contribution in [0.2, 0.25) is 0 Å². The van der Waals surface area contributed by atoms with Crippen LogP contribution in [0, 0.1) is 12.3 Å². The van der Waals surface area contributed by atoms with Gasteiger partial charge >= 0.3 is 0 Å². The maximum absolute atomic E-state index is 6.12. The molecule has 0 radical (unpaired) electrons. The third-order valence-electron chi connectivity index (χ3n) is 2.70. The van der Waals surface area contributed by atoms with Crippen LogP contribution in [0.1, 0.15) is 37.8 Å². The quantitative estimate of drug-likeness (QED) is 0.773. The highest BCUT2D eigenvalue weighted by Crippen LogP contribution is 2.34.